The third-order valence-corrected chi connectivity index (χ3v) is 2.37. The number of carboxylic acids is 1. The van der Waals surface area contributed by atoms with E-state index in [2.05, 4.69) is 4.98 Å². The van der Waals surface area contributed by atoms with Crippen LogP contribution in [0, 0.1) is 6.92 Å². The molecule has 15 heavy (non-hydrogen) atoms. The Morgan fingerprint density at radius 2 is 2.33 bits per heavy atom. The number of halogens is 1. The molecule has 1 aromatic heterocycles. The van der Waals surface area contributed by atoms with Crippen LogP contribution in [-0.4, -0.2) is 23.2 Å². The average Bonchev–Trinajstić information content (AvgIpc) is 2.17. The molecule has 0 fully saturated rings. The van der Waals surface area contributed by atoms with Crippen LogP contribution in [0.25, 0.3) is 0 Å². The van der Waals surface area contributed by atoms with Gasteiger partial charge in [0.25, 0.3) is 0 Å². The Bertz CT molecular complexity index is 379. The van der Waals surface area contributed by atoms with Crippen LogP contribution in [-0.2, 0) is 11.2 Å². The highest BCUT2D eigenvalue weighted by atomic mass is 35.5. The van der Waals surface area contributed by atoms with Crippen molar-refractivity contribution < 1.29 is 14.6 Å². The fraction of sp³-hybridized carbons (Fsp3) is 0.400. The highest BCUT2D eigenvalue weighted by molar-refractivity contribution is 6.32. The molecule has 1 rings (SSSR count). The van der Waals surface area contributed by atoms with Gasteiger partial charge in [-0.1, -0.05) is 11.6 Å². The molecule has 1 N–H and O–H groups in total. The lowest BCUT2D eigenvalue weighted by Crippen LogP contribution is -2.02. The minimum atomic E-state index is -0.842. The molecule has 1 aromatic rings. The summed E-state index contributed by atoms with van der Waals surface area (Å²) in [4.78, 5) is 14.5. The van der Waals surface area contributed by atoms with E-state index in [-0.39, 0.29) is 6.42 Å². The summed E-state index contributed by atoms with van der Waals surface area (Å²) in [7, 11) is 1.52. The molecule has 4 nitrogen and oxygen atoms in total. The van der Waals surface area contributed by atoms with Crippen LogP contribution in [0.2, 0.25) is 5.02 Å². The molecule has 0 aliphatic carbocycles. The van der Waals surface area contributed by atoms with E-state index in [1.165, 1.54) is 13.3 Å². The number of carbonyl (C=O) groups is 1. The van der Waals surface area contributed by atoms with Gasteiger partial charge in [-0.15, -0.1) is 0 Å². The van der Waals surface area contributed by atoms with Crippen molar-refractivity contribution >= 4 is 17.6 Å². The van der Waals surface area contributed by atoms with Gasteiger partial charge < -0.3 is 9.84 Å². The molecule has 0 aromatic carbocycles. The zero-order valence-corrected chi connectivity index (χ0v) is 9.34. The maximum atomic E-state index is 10.4. The first kappa shape index (κ1) is 11.8. The van der Waals surface area contributed by atoms with Crippen LogP contribution >= 0.6 is 11.6 Å². The van der Waals surface area contributed by atoms with Crippen molar-refractivity contribution in [3.8, 4) is 5.75 Å². The van der Waals surface area contributed by atoms with Gasteiger partial charge in [-0.05, 0) is 6.92 Å². The van der Waals surface area contributed by atoms with E-state index >= 15 is 0 Å². The summed E-state index contributed by atoms with van der Waals surface area (Å²) in [5.41, 5.74) is 1.50. The number of aliphatic carboxylic acids is 1. The van der Waals surface area contributed by atoms with Gasteiger partial charge in [0, 0.05) is 23.9 Å². The van der Waals surface area contributed by atoms with Crippen LogP contribution in [0.5, 0.6) is 5.75 Å². The van der Waals surface area contributed by atoms with E-state index in [4.69, 9.17) is 21.4 Å². The van der Waals surface area contributed by atoms with Crippen LogP contribution in [0.4, 0.5) is 0 Å². The highest BCUT2D eigenvalue weighted by Crippen LogP contribution is 2.29. The summed E-state index contributed by atoms with van der Waals surface area (Å²) in [6.07, 6.45) is 1.91. The molecule has 0 saturated carbocycles. The minimum absolute atomic E-state index is 0.0542. The maximum absolute atomic E-state index is 10.4. The molecule has 0 aliphatic heterocycles. The highest BCUT2D eigenvalue weighted by Gasteiger charge is 2.11. The molecule has 1 heterocycles. The van der Waals surface area contributed by atoms with Gasteiger partial charge in [0.05, 0.1) is 13.5 Å². The molecular formula is C10H12ClNO3. The van der Waals surface area contributed by atoms with E-state index in [1.807, 2.05) is 6.92 Å². The lowest BCUT2D eigenvalue weighted by Gasteiger charge is -2.10. The second kappa shape index (κ2) is 4.98. The Kier molecular flexibility index (Phi) is 3.91. The molecule has 0 amide bonds. The van der Waals surface area contributed by atoms with E-state index in [0.717, 1.165) is 5.56 Å². The van der Waals surface area contributed by atoms with Gasteiger partial charge in [-0.3, -0.25) is 9.78 Å². The van der Waals surface area contributed by atoms with Gasteiger partial charge >= 0.3 is 5.97 Å². The Balaban J connectivity index is 2.94. The van der Waals surface area contributed by atoms with E-state index in [1.54, 1.807) is 0 Å². The Morgan fingerprint density at radius 1 is 1.67 bits per heavy atom. The van der Waals surface area contributed by atoms with Crippen molar-refractivity contribution in [3.05, 3.63) is 22.5 Å². The SMILES string of the molecule is COc1c(Cl)cnc(CCC(=O)O)c1C. The zero-order chi connectivity index (χ0) is 11.4. The second-order valence-corrected chi connectivity index (χ2v) is 3.51. The standard InChI is InChI=1S/C10H12ClNO3/c1-6-8(3-4-9(13)14)12-5-7(11)10(6)15-2/h5H,3-4H2,1-2H3,(H,13,14). The molecule has 0 aliphatic rings. The number of rotatable bonds is 4. The van der Waals surface area contributed by atoms with Gasteiger partial charge in [0.2, 0.25) is 0 Å². The van der Waals surface area contributed by atoms with Crippen molar-refractivity contribution in [3.63, 3.8) is 0 Å². The Labute approximate surface area is 92.8 Å². The first-order chi connectivity index (χ1) is 7.06. The van der Waals surface area contributed by atoms with Crippen molar-refractivity contribution in [2.75, 3.05) is 7.11 Å². The Hall–Kier alpha value is -1.29. The molecule has 0 spiro atoms. The average molecular weight is 230 g/mol. The predicted molar refractivity (Wildman–Crippen MR) is 56.5 cm³/mol. The number of hydrogen-bond donors (Lipinski definition) is 1. The summed E-state index contributed by atoms with van der Waals surface area (Å²) in [6.45, 7) is 1.81. The van der Waals surface area contributed by atoms with E-state index in [9.17, 15) is 4.79 Å². The quantitative estimate of drug-likeness (QED) is 0.859. The number of aryl methyl sites for hydroxylation is 1. The molecule has 0 radical (unpaired) electrons. The monoisotopic (exact) mass is 229 g/mol. The fourth-order valence-electron chi connectivity index (χ4n) is 1.33. The van der Waals surface area contributed by atoms with Crippen molar-refractivity contribution in [1.82, 2.24) is 4.98 Å². The zero-order valence-electron chi connectivity index (χ0n) is 8.58. The number of aromatic nitrogens is 1. The number of ether oxygens (including phenoxy) is 1. The van der Waals surface area contributed by atoms with E-state index < -0.39 is 5.97 Å². The third kappa shape index (κ3) is 2.83. The van der Waals surface area contributed by atoms with Gasteiger partial charge in [0.1, 0.15) is 10.8 Å². The molecule has 0 saturated heterocycles. The molecule has 0 bridgehead atoms. The molecular weight excluding hydrogens is 218 g/mol. The molecule has 82 valence electrons. The number of pyridine rings is 1. The van der Waals surface area contributed by atoms with Crippen LogP contribution < -0.4 is 4.74 Å². The lowest BCUT2D eigenvalue weighted by molar-refractivity contribution is -0.136. The molecule has 5 heteroatoms. The van der Waals surface area contributed by atoms with Crippen LogP contribution in [0.3, 0.4) is 0 Å². The lowest BCUT2D eigenvalue weighted by atomic mass is 10.1. The summed E-state index contributed by atoms with van der Waals surface area (Å²) in [5, 5.41) is 9.00. The summed E-state index contributed by atoms with van der Waals surface area (Å²) in [6, 6.07) is 0. The molecule has 0 atom stereocenters. The van der Waals surface area contributed by atoms with Gasteiger partial charge in [-0.25, -0.2) is 0 Å². The van der Waals surface area contributed by atoms with Gasteiger partial charge in [0.15, 0.2) is 0 Å². The normalized spacial score (nSPS) is 10.1. The second-order valence-electron chi connectivity index (χ2n) is 3.10. The van der Waals surface area contributed by atoms with Crippen LogP contribution in [0.1, 0.15) is 17.7 Å². The number of nitrogens with zero attached hydrogens (tertiary/aromatic N) is 1. The maximum Gasteiger partial charge on any atom is 0.303 e. The minimum Gasteiger partial charge on any atom is -0.495 e. The topological polar surface area (TPSA) is 59.4 Å². The first-order valence-corrected chi connectivity index (χ1v) is 4.83. The van der Waals surface area contributed by atoms with Crippen molar-refractivity contribution in [2.45, 2.75) is 19.8 Å². The fourth-order valence-corrected chi connectivity index (χ4v) is 1.60. The predicted octanol–water partition coefficient (Wildman–Crippen LogP) is 2.07. The number of carboxylic acid groups (broad SMARTS) is 1. The van der Waals surface area contributed by atoms with Crippen molar-refractivity contribution in [1.29, 1.82) is 0 Å². The summed E-state index contributed by atoms with van der Waals surface area (Å²) >= 11 is 5.86. The number of methoxy groups -OCH3 is 1. The Morgan fingerprint density at radius 3 is 2.87 bits per heavy atom. The van der Waals surface area contributed by atoms with Gasteiger partial charge in [-0.2, -0.15) is 0 Å². The largest absolute Gasteiger partial charge is 0.495 e. The van der Waals surface area contributed by atoms with E-state index in [0.29, 0.717) is 22.9 Å². The smallest absolute Gasteiger partial charge is 0.303 e. The summed E-state index contributed by atoms with van der Waals surface area (Å²) in [5.74, 6) is -0.280. The third-order valence-electron chi connectivity index (χ3n) is 2.10. The van der Waals surface area contributed by atoms with Crippen LogP contribution in [0.15, 0.2) is 6.20 Å². The van der Waals surface area contributed by atoms with Crippen molar-refractivity contribution in [2.24, 2.45) is 0 Å². The summed E-state index contributed by atoms with van der Waals surface area (Å²) < 4.78 is 5.10. The first-order valence-electron chi connectivity index (χ1n) is 4.46. The number of hydrogen-bond acceptors (Lipinski definition) is 3. The molecule has 0 unspecified atom stereocenters.